The van der Waals surface area contributed by atoms with Crippen molar-refractivity contribution in [2.75, 3.05) is 23.6 Å². The summed E-state index contributed by atoms with van der Waals surface area (Å²) in [6.07, 6.45) is 3.25. The summed E-state index contributed by atoms with van der Waals surface area (Å²) >= 11 is 6.73. The summed E-state index contributed by atoms with van der Waals surface area (Å²) in [6.45, 7) is 5.26. The highest BCUT2D eigenvalue weighted by Crippen LogP contribution is 2.41. The molecule has 0 saturated heterocycles. The number of nitrogens with one attached hydrogen (secondary N) is 1. The van der Waals surface area contributed by atoms with Crippen molar-refractivity contribution in [1.29, 1.82) is 5.26 Å². The van der Waals surface area contributed by atoms with Gasteiger partial charge >= 0.3 is 13.9 Å². The SMILES string of the molecule is [2H][C@](c1ccc(F)cc1)(c1cn(C2CC2)nn1)N(C(=O)OCOP(=O)(O)O)c1cc(Cl)c2ncc(C#N)c(NCC(C)(C)C)c2c1. The Kier molecular flexibility index (Phi) is 8.72. The lowest BCUT2D eigenvalue weighted by molar-refractivity contribution is 0.0427. The number of hydrogen-bond donors (Lipinski definition) is 3. The summed E-state index contributed by atoms with van der Waals surface area (Å²) in [7, 11) is -5.04. The summed E-state index contributed by atoms with van der Waals surface area (Å²) in [5.41, 5.74) is 0.621. The second-order valence-corrected chi connectivity index (χ2v) is 13.2. The molecule has 5 rings (SSSR count). The van der Waals surface area contributed by atoms with Crippen LogP contribution in [0.3, 0.4) is 0 Å². The van der Waals surface area contributed by atoms with Crippen molar-refractivity contribution in [3.05, 3.63) is 76.5 Å². The molecule has 0 aliphatic heterocycles. The number of phosphoric ester groups is 1. The minimum atomic E-state index is -5.04. The van der Waals surface area contributed by atoms with E-state index in [1.54, 1.807) is 4.68 Å². The van der Waals surface area contributed by atoms with Crippen LogP contribution in [-0.4, -0.2) is 49.2 Å². The van der Waals surface area contributed by atoms with Crippen LogP contribution in [0.5, 0.6) is 0 Å². The third-order valence-electron chi connectivity index (χ3n) is 6.68. The average molecular weight is 659 g/mol. The molecule has 2 heterocycles. The van der Waals surface area contributed by atoms with Crippen LogP contribution in [0.4, 0.5) is 20.6 Å². The number of nitriles is 1. The van der Waals surface area contributed by atoms with Crippen LogP contribution >= 0.6 is 19.4 Å². The van der Waals surface area contributed by atoms with Crippen molar-refractivity contribution < 1.29 is 34.2 Å². The molecule has 236 valence electrons. The minimum absolute atomic E-state index is 0.0446. The predicted octanol–water partition coefficient (Wildman–Crippen LogP) is 6.08. The number of hydrogen-bond acceptors (Lipinski definition) is 9. The Bertz CT molecular complexity index is 1870. The Hall–Kier alpha value is -4.12. The van der Waals surface area contributed by atoms with Crippen LogP contribution in [0, 0.1) is 22.6 Å². The lowest BCUT2D eigenvalue weighted by Crippen LogP contribution is -2.37. The van der Waals surface area contributed by atoms with Crippen LogP contribution in [0.25, 0.3) is 10.9 Å². The molecule has 0 radical (unpaired) electrons. The molecule has 2 aromatic heterocycles. The number of rotatable bonds is 10. The second kappa shape index (κ2) is 12.7. The Morgan fingerprint density at radius 2 is 2.04 bits per heavy atom. The number of anilines is 2. The van der Waals surface area contributed by atoms with E-state index >= 15 is 0 Å². The van der Waals surface area contributed by atoms with E-state index in [-0.39, 0.29) is 44.5 Å². The van der Waals surface area contributed by atoms with Crippen molar-refractivity contribution in [1.82, 2.24) is 20.0 Å². The number of pyridine rings is 1. The number of carbonyl (C=O) groups is 1. The van der Waals surface area contributed by atoms with E-state index in [0.29, 0.717) is 17.6 Å². The van der Waals surface area contributed by atoms with E-state index in [4.69, 9.17) is 26.1 Å². The van der Waals surface area contributed by atoms with Crippen molar-refractivity contribution in [3.63, 3.8) is 0 Å². The zero-order chi connectivity index (χ0) is 33.4. The lowest BCUT2D eigenvalue weighted by Gasteiger charge is -2.31. The smallest absolute Gasteiger partial charge is 0.421 e. The molecule has 0 spiro atoms. The molecule has 45 heavy (non-hydrogen) atoms. The van der Waals surface area contributed by atoms with Gasteiger partial charge in [0.15, 0.2) is 0 Å². The fourth-order valence-electron chi connectivity index (χ4n) is 4.44. The molecule has 1 amide bonds. The molecule has 3 N–H and O–H groups in total. The largest absolute Gasteiger partial charge is 0.472 e. The zero-order valence-electron chi connectivity index (χ0n) is 25.4. The fourth-order valence-corrected chi connectivity index (χ4v) is 4.89. The van der Waals surface area contributed by atoms with Gasteiger partial charge in [-0.1, -0.05) is 49.7 Å². The maximum absolute atomic E-state index is 14.1. The number of fused-ring (bicyclic) bond motifs is 1. The maximum atomic E-state index is 14.1. The summed E-state index contributed by atoms with van der Waals surface area (Å²) in [5.74, 6) is -0.602. The molecule has 1 aliphatic carbocycles. The number of amides is 1. The van der Waals surface area contributed by atoms with E-state index in [1.807, 2.05) is 20.8 Å². The monoisotopic (exact) mass is 658 g/mol. The van der Waals surface area contributed by atoms with Gasteiger partial charge in [-0.25, -0.2) is 23.0 Å². The summed E-state index contributed by atoms with van der Waals surface area (Å²) < 4.78 is 46.4. The number of benzene rings is 2. The minimum Gasteiger partial charge on any atom is -0.421 e. The third kappa shape index (κ3) is 7.76. The molecule has 4 aromatic rings. The fraction of sp³-hybridized carbons (Fsp3) is 0.345. The molecule has 0 bridgehead atoms. The van der Waals surface area contributed by atoms with Crippen molar-refractivity contribution >= 4 is 47.8 Å². The van der Waals surface area contributed by atoms with E-state index < -0.39 is 32.5 Å². The first-order valence-electron chi connectivity index (χ1n) is 14.2. The molecule has 1 saturated carbocycles. The Labute approximate surface area is 264 Å². The lowest BCUT2D eigenvalue weighted by atomic mass is 9.96. The summed E-state index contributed by atoms with van der Waals surface area (Å²) in [4.78, 5) is 37.5. The van der Waals surface area contributed by atoms with Crippen molar-refractivity contribution in [3.8, 4) is 6.07 Å². The molecule has 0 unspecified atom stereocenters. The van der Waals surface area contributed by atoms with Gasteiger partial charge in [0.2, 0.25) is 6.79 Å². The molecule has 1 atom stereocenters. The highest BCUT2D eigenvalue weighted by atomic mass is 35.5. The van der Waals surface area contributed by atoms with Crippen LogP contribution in [0.2, 0.25) is 5.02 Å². The second-order valence-electron chi connectivity index (χ2n) is 11.6. The van der Waals surface area contributed by atoms with Gasteiger partial charge < -0.3 is 19.8 Å². The van der Waals surface area contributed by atoms with E-state index in [0.717, 1.165) is 29.9 Å². The van der Waals surface area contributed by atoms with Gasteiger partial charge in [0.05, 0.1) is 41.1 Å². The number of aromatic nitrogens is 4. The maximum Gasteiger partial charge on any atom is 0.472 e. The molecule has 16 heteroatoms. The molecular formula is C29H30ClFN7O6P. The van der Waals surface area contributed by atoms with E-state index in [9.17, 15) is 20.4 Å². The Morgan fingerprint density at radius 1 is 1.33 bits per heavy atom. The predicted molar refractivity (Wildman–Crippen MR) is 163 cm³/mol. The highest BCUT2D eigenvalue weighted by molar-refractivity contribution is 7.46. The normalized spacial score (nSPS) is 15.2. The standard InChI is InChI=1S/C29H30ClFN7O6P/c1-29(2,3)15-34-25-18(12-32)13-33-26-22(25)10-21(11-23(26)30)38(28(39)43-16-44-45(40,41)42)27(17-4-6-19(31)7-5-17)24-14-37(36-35-24)20-8-9-20/h4-7,10-11,13-14,20,27H,8-9,15-16H2,1-3H3,(H,33,34)(H2,40,41,42)/t27-/m0/s1/i27D. The van der Waals surface area contributed by atoms with Gasteiger partial charge in [-0.2, -0.15) is 5.26 Å². The molecule has 13 nitrogen and oxygen atoms in total. The topological polar surface area (TPSA) is 176 Å². The number of carbonyl (C=O) groups excluding carboxylic acids is 1. The summed E-state index contributed by atoms with van der Waals surface area (Å²) in [5, 5.41) is 21.9. The van der Waals surface area contributed by atoms with E-state index in [1.165, 1.54) is 36.7 Å². The first-order valence-corrected chi connectivity index (χ1v) is 15.6. The van der Waals surface area contributed by atoms with Crippen molar-refractivity contribution in [2.45, 2.75) is 45.7 Å². The van der Waals surface area contributed by atoms with Gasteiger partial charge in [0, 0.05) is 18.1 Å². The van der Waals surface area contributed by atoms with Gasteiger partial charge in [0.1, 0.15) is 23.6 Å². The van der Waals surface area contributed by atoms with Crippen LogP contribution in [0.1, 0.15) is 63.9 Å². The first-order chi connectivity index (χ1) is 21.6. The molecular weight excluding hydrogens is 628 g/mol. The number of nitrogens with zero attached hydrogens (tertiary/aromatic N) is 6. The molecule has 1 fully saturated rings. The quantitative estimate of drug-likeness (QED) is 0.133. The molecule has 1 aliphatic rings. The van der Waals surface area contributed by atoms with Crippen LogP contribution in [-0.2, 0) is 13.8 Å². The first kappa shape index (κ1) is 30.9. The number of phosphoric acid groups is 1. The average Bonchev–Trinajstić information content (AvgIpc) is 3.70. The number of halogens is 2. The Balaban J connectivity index is 1.75. The number of ether oxygens (including phenoxy) is 1. The molecule has 2 aromatic carbocycles. The van der Waals surface area contributed by atoms with Gasteiger partial charge in [0.25, 0.3) is 0 Å². The summed E-state index contributed by atoms with van der Waals surface area (Å²) in [6, 6.07) is 7.47. The van der Waals surface area contributed by atoms with Crippen molar-refractivity contribution in [2.24, 2.45) is 5.41 Å². The van der Waals surface area contributed by atoms with Gasteiger partial charge in [-0.3, -0.25) is 9.88 Å². The zero-order valence-corrected chi connectivity index (χ0v) is 26.1. The third-order valence-corrected chi connectivity index (χ3v) is 7.41. The Morgan fingerprint density at radius 3 is 2.67 bits per heavy atom. The van der Waals surface area contributed by atoms with Crippen LogP contribution in [0.15, 0.2) is 48.8 Å². The van der Waals surface area contributed by atoms with E-state index in [2.05, 4.69) is 31.2 Å². The van der Waals surface area contributed by atoms with Crippen LogP contribution < -0.4 is 10.2 Å². The van der Waals surface area contributed by atoms with Gasteiger partial charge in [-0.15, -0.1) is 5.10 Å². The highest BCUT2D eigenvalue weighted by Gasteiger charge is 2.35. The van der Waals surface area contributed by atoms with Gasteiger partial charge in [-0.05, 0) is 48.1 Å².